The minimum absolute atomic E-state index is 0.0239. The molecule has 0 aliphatic carbocycles. The molecule has 0 bridgehead atoms. The summed E-state index contributed by atoms with van der Waals surface area (Å²) in [6, 6.07) is 11.7. The normalized spacial score (nSPS) is 10.7. The standard InChI is InChI=1S/C20H20N2O5/c1-25-16-6-5-14(18(10-16)26-2)12-22-20(24)15(11-21)8-13-4-7-17(23)19(9-13)27-3/h4-10,23H,12H2,1-3H3,(H,22,24)/b15-8+. The number of ether oxygens (including phenoxy) is 3. The molecule has 0 heterocycles. The molecule has 0 radical (unpaired) electrons. The van der Waals surface area contributed by atoms with E-state index in [9.17, 15) is 15.2 Å². The van der Waals surface area contributed by atoms with E-state index in [2.05, 4.69) is 5.32 Å². The number of nitrogens with one attached hydrogen (secondary N) is 1. The lowest BCUT2D eigenvalue weighted by Gasteiger charge is -2.11. The van der Waals surface area contributed by atoms with Gasteiger partial charge in [-0.25, -0.2) is 0 Å². The number of aromatic hydroxyl groups is 1. The van der Waals surface area contributed by atoms with Gasteiger partial charge in [-0.15, -0.1) is 0 Å². The number of hydrogen-bond acceptors (Lipinski definition) is 6. The topological polar surface area (TPSA) is 101 Å². The van der Waals surface area contributed by atoms with Gasteiger partial charge in [0.05, 0.1) is 21.3 Å². The number of phenols is 1. The molecule has 1 amide bonds. The van der Waals surface area contributed by atoms with Gasteiger partial charge in [0.2, 0.25) is 0 Å². The Morgan fingerprint density at radius 1 is 1.11 bits per heavy atom. The van der Waals surface area contributed by atoms with Crippen molar-refractivity contribution in [1.29, 1.82) is 5.26 Å². The summed E-state index contributed by atoms with van der Waals surface area (Å²) >= 11 is 0. The minimum Gasteiger partial charge on any atom is -0.504 e. The van der Waals surface area contributed by atoms with Gasteiger partial charge in [-0.3, -0.25) is 4.79 Å². The molecule has 2 aromatic carbocycles. The molecule has 7 nitrogen and oxygen atoms in total. The van der Waals surface area contributed by atoms with Crippen LogP contribution in [0.4, 0.5) is 0 Å². The molecule has 140 valence electrons. The Hall–Kier alpha value is -3.66. The summed E-state index contributed by atoms with van der Waals surface area (Å²) in [5.41, 5.74) is 1.23. The molecular formula is C20H20N2O5. The van der Waals surface area contributed by atoms with E-state index < -0.39 is 5.91 Å². The van der Waals surface area contributed by atoms with E-state index in [0.717, 1.165) is 5.56 Å². The lowest BCUT2D eigenvalue weighted by Crippen LogP contribution is -2.24. The van der Waals surface area contributed by atoms with Crippen molar-refractivity contribution >= 4 is 12.0 Å². The number of carbonyl (C=O) groups is 1. The van der Waals surface area contributed by atoms with Gasteiger partial charge in [-0.1, -0.05) is 6.07 Å². The van der Waals surface area contributed by atoms with Gasteiger partial charge in [0.1, 0.15) is 23.1 Å². The largest absolute Gasteiger partial charge is 0.504 e. The van der Waals surface area contributed by atoms with Crippen molar-refractivity contribution < 1.29 is 24.1 Å². The molecule has 0 aliphatic heterocycles. The second-order valence-electron chi connectivity index (χ2n) is 5.46. The third kappa shape index (κ3) is 4.92. The molecular weight excluding hydrogens is 348 g/mol. The van der Waals surface area contributed by atoms with Crippen molar-refractivity contribution in [1.82, 2.24) is 5.32 Å². The third-order valence-electron chi connectivity index (χ3n) is 3.81. The third-order valence-corrected chi connectivity index (χ3v) is 3.81. The van der Waals surface area contributed by atoms with E-state index in [0.29, 0.717) is 17.1 Å². The molecule has 0 saturated heterocycles. The second-order valence-corrected chi connectivity index (χ2v) is 5.46. The van der Waals surface area contributed by atoms with Gasteiger partial charge in [0.15, 0.2) is 11.5 Å². The number of amides is 1. The van der Waals surface area contributed by atoms with E-state index in [1.165, 1.54) is 32.4 Å². The number of hydrogen-bond donors (Lipinski definition) is 2. The first-order valence-corrected chi connectivity index (χ1v) is 8.00. The molecule has 0 unspecified atom stereocenters. The molecule has 2 rings (SSSR count). The summed E-state index contributed by atoms with van der Waals surface area (Å²) in [5.74, 6) is 0.914. The maximum atomic E-state index is 12.3. The smallest absolute Gasteiger partial charge is 0.262 e. The summed E-state index contributed by atoms with van der Waals surface area (Å²) in [4.78, 5) is 12.3. The Morgan fingerprint density at radius 3 is 2.48 bits per heavy atom. The minimum atomic E-state index is -0.526. The monoisotopic (exact) mass is 368 g/mol. The van der Waals surface area contributed by atoms with Crippen LogP contribution in [0.1, 0.15) is 11.1 Å². The molecule has 27 heavy (non-hydrogen) atoms. The highest BCUT2D eigenvalue weighted by atomic mass is 16.5. The number of carbonyl (C=O) groups excluding carboxylic acids is 1. The fourth-order valence-electron chi connectivity index (χ4n) is 2.37. The summed E-state index contributed by atoms with van der Waals surface area (Å²) in [6.07, 6.45) is 1.42. The zero-order valence-electron chi connectivity index (χ0n) is 15.3. The Morgan fingerprint density at radius 2 is 1.85 bits per heavy atom. The van der Waals surface area contributed by atoms with Crippen molar-refractivity contribution in [3.05, 3.63) is 53.1 Å². The van der Waals surface area contributed by atoms with Gasteiger partial charge in [-0.2, -0.15) is 5.26 Å². The van der Waals surface area contributed by atoms with Gasteiger partial charge in [0.25, 0.3) is 5.91 Å². The molecule has 0 spiro atoms. The van der Waals surface area contributed by atoms with Crippen molar-refractivity contribution in [2.75, 3.05) is 21.3 Å². The maximum Gasteiger partial charge on any atom is 0.262 e. The zero-order chi connectivity index (χ0) is 19.8. The van der Waals surface area contributed by atoms with Crippen LogP contribution < -0.4 is 19.5 Å². The number of methoxy groups -OCH3 is 3. The molecule has 0 aliphatic rings. The molecule has 0 saturated carbocycles. The molecule has 0 atom stereocenters. The van der Waals surface area contributed by atoms with Gasteiger partial charge < -0.3 is 24.6 Å². The predicted molar refractivity (Wildman–Crippen MR) is 99.6 cm³/mol. The Bertz CT molecular complexity index is 900. The van der Waals surface area contributed by atoms with Crippen molar-refractivity contribution in [2.45, 2.75) is 6.54 Å². The van der Waals surface area contributed by atoms with Crippen LogP contribution >= 0.6 is 0 Å². The van der Waals surface area contributed by atoms with E-state index in [4.69, 9.17) is 14.2 Å². The highest BCUT2D eigenvalue weighted by Crippen LogP contribution is 2.27. The van der Waals surface area contributed by atoms with Crippen molar-refractivity contribution in [3.63, 3.8) is 0 Å². The predicted octanol–water partition coefficient (Wildman–Crippen LogP) is 2.64. The molecule has 7 heteroatoms. The first kappa shape index (κ1) is 19.7. The summed E-state index contributed by atoms with van der Waals surface area (Å²) in [7, 11) is 4.50. The van der Waals surface area contributed by atoms with Gasteiger partial charge in [0, 0.05) is 18.2 Å². The van der Waals surface area contributed by atoms with Crippen LogP contribution in [0.3, 0.4) is 0 Å². The lowest BCUT2D eigenvalue weighted by atomic mass is 10.1. The van der Waals surface area contributed by atoms with Crippen molar-refractivity contribution in [3.8, 4) is 29.1 Å². The number of nitrogens with zero attached hydrogens (tertiary/aromatic N) is 1. The van der Waals surface area contributed by atoms with Crippen LogP contribution in [0, 0.1) is 11.3 Å². The molecule has 2 N–H and O–H groups in total. The van der Waals surface area contributed by atoms with E-state index in [1.807, 2.05) is 6.07 Å². The summed E-state index contributed by atoms with van der Waals surface area (Å²) in [6.45, 7) is 0.184. The van der Waals surface area contributed by atoms with E-state index in [-0.39, 0.29) is 23.6 Å². The first-order chi connectivity index (χ1) is 13.0. The summed E-state index contributed by atoms with van der Waals surface area (Å²) < 4.78 is 15.5. The maximum absolute atomic E-state index is 12.3. The average molecular weight is 368 g/mol. The fourth-order valence-corrected chi connectivity index (χ4v) is 2.37. The van der Waals surface area contributed by atoms with E-state index in [1.54, 1.807) is 31.4 Å². The zero-order valence-corrected chi connectivity index (χ0v) is 15.3. The summed E-state index contributed by atoms with van der Waals surface area (Å²) in [5, 5.41) is 21.6. The highest BCUT2D eigenvalue weighted by molar-refractivity contribution is 6.01. The molecule has 0 fully saturated rings. The fraction of sp³-hybridized carbons (Fsp3) is 0.200. The SMILES string of the molecule is COc1ccc(CNC(=O)/C(C#N)=C/c2ccc(O)c(OC)c2)c(OC)c1. The first-order valence-electron chi connectivity index (χ1n) is 8.00. The van der Waals surface area contributed by atoms with Crippen LogP contribution in [0.2, 0.25) is 0 Å². The van der Waals surface area contributed by atoms with Crippen LogP contribution in [0.15, 0.2) is 42.0 Å². The van der Waals surface area contributed by atoms with Crippen LogP contribution in [-0.4, -0.2) is 32.3 Å². The average Bonchev–Trinajstić information content (AvgIpc) is 2.71. The number of nitriles is 1. The Labute approximate surface area is 157 Å². The molecule has 0 aromatic heterocycles. The van der Waals surface area contributed by atoms with Gasteiger partial charge >= 0.3 is 0 Å². The lowest BCUT2D eigenvalue weighted by molar-refractivity contribution is -0.117. The number of benzene rings is 2. The van der Waals surface area contributed by atoms with Crippen LogP contribution in [-0.2, 0) is 11.3 Å². The second kappa shape index (κ2) is 9.15. The Kier molecular flexibility index (Phi) is 6.67. The van der Waals surface area contributed by atoms with Gasteiger partial charge in [-0.05, 0) is 35.9 Å². The number of phenolic OH excluding ortho intramolecular Hbond substituents is 1. The Balaban J connectivity index is 2.15. The van der Waals surface area contributed by atoms with Crippen LogP contribution in [0.25, 0.3) is 6.08 Å². The highest BCUT2D eigenvalue weighted by Gasteiger charge is 2.12. The molecule has 2 aromatic rings. The number of rotatable bonds is 7. The van der Waals surface area contributed by atoms with Crippen molar-refractivity contribution in [2.24, 2.45) is 0 Å². The van der Waals surface area contributed by atoms with Crippen LogP contribution in [0.5, 0.6) is 23.0 Å². The van der Waals surface area contributed by atoms with E-state index >= 15 is 0 Å². The quantitative estimate of drug-likeness (QED) is 0.576.